The highest BCUT2D eigenvalue weighted by Gasteiger charge is 2.19. The first kappa shape index (κ1) is 17.6. The maximum absolute atomic E-state index is 4.34. The van der Waals surface area contributed by atoms with E-state index in [-0.39, 0.29) is 0 Å². The van der Waals surface area contributed by atoms with Gasteiger partial charge in [-0.15, -0.1) is 10.2 Å². The second kappa shape index (κ2) is 8.75. The van der Waals surface area contributed by atoms with E-state index >= 15 is 0 Å². The fourth-order valence-corrected chi connectivity index (χ4v) is 4.74. The van der Waals surface area contributed by atoms with Crippen LogP contribution >= 0.6 is 11.3 Å². The van der Waals surface area contributed by atoms with Gasteiger partial charge in [0, 0.05) is 12.0 Å². The Kier molecular flexibility index (Phi) is 6.42. The van der Waals surface area contributed by atoms with Gasteiger partial charge in [-0.25, -0.2) is 0 Å². The average molecular weight is 343 g/mol. The van der Waals surface area contributed by atoms with E-state index in [9.17, 15) is 0 Å². The van der Waals surface area contributed by atoms with Gasteiger partial charge in [0.15, 0.2) is 0 Å². The third-order valence-corrected chi connectivity index (χ3v) is 6.55. The van der Waals surface area contributed by atoms with E-state index in [4.69, 9.17) is 0 Å². The van der Waals surface area contributed by atoms with Crippen molar-refractivity contribution in [3.8, 4) is 10.6 Å². The third-order valence-electron chi connectivity index (χ3n) is 5.52. The molecule has 0 unspecified atom stereocenters. The zero-order valence-electron chi connectivity index (χ0n) is 15.1. The van der Waals surface area contributed by atoms with E-state index in [0.717, 1.165) is 34.7 Å². The van der Waals surface area contributed by atoms with Gasteiger partial charge in [0.05, 0.1) is 0 Å². The molecule has 1 aliphatic rings. The smallest absolute Gasteiger partial charge is 0.143 e. The van der Waals surface area contributed by atoms with Crippen molar-refractivity contribution in [1.29, 1.82) is 0 Å². The van der Waals surface area contributed by atoms with Crippen LogP contribution < -0.4 is 0 Å². The van der Waals surface area contributed by atoms with Gasteiger partial charge in [0.2, 0.25) is 0 Å². The van der Waals surface area contributed by atoms with Crippen molar-refractivity contribution in [2.24, 2.45) is 11.8 Å². The average Bonchev–Trinajstić information content (AvgIpc) is 3.10. The van der Waals surface area contributed by atoms with Crippen molar-refractivity contribution in [1.82, 2.24) is 10.2 Å². The monoisotopic (exact) mass is 342 g/mol. The fourth-order valence-electron chi connectivity index (χ4n) is 3.80. The zero-order valence-corrected chi connectivity index (χ0v) is 15.9. The second-order valence-electron chi connectivity index (χ2n) is 7.28. The first-order chi connectivity index (χ1) is 11.8. The van der Waals surface area contributed by atoms with Crippen molar-refractivity contribution in [2.75, 3.05) is 0 Å². The molecular formula is C21H30N2S. The van der Waals surface area contributed by atoms with Crippen molar-refractivity contribution in [3.63, 3.8) is 0 Å². The van der Waals surface area contributed by atoms with Crippen LogP contribution in [0.2, 0.25) is 0 Å². The lowest BCUT2D eigenvalue weighted by Crippen LogP contribution is -2.14. The summed E-state index contributed by atoms with van der Waals surface area (Å²) >= 11 is 1.73. The van der Waals surface area contributed by atoms with Crippen LogP contribution in [0.4, 0.5) is 0 Å². The van der Waals surface area contributed by atoms with Gasteiger partial charge in [-0.2, -0.15) is 0 Å². The summed E-state index contributed by atoms with van der Waals surface area (Å²) in [6.45, 7) is 4.53. The van der Waals surface area contributed by atoms with Crippen LogP contribution in [0.15, 0.2) is 24.3 Å². The highest BCUT2D eigenvalue weighted by Crippen LogP contribution is 2.33. The highest BCUT2D eigenvalue weighted by atomic mass is 32.1. The van der Waals surface area contributed by atoms with Crippen LogP contribution in [-0.2, 0) is 12.8 Å². The molecule has 1 aromatic heterocycles. The summed E-state index contributed by atoms with van der Waals surface area (Å²) in [6.07, 6.45) is 11.9. The maximum Gasteiger partial charge on any atom is 0.147 e. The number of nitrogens with zero attached hydrogens (tertiary/aromatic N) is 2. The Morgan fingerprint density at radius 3 is 2.29 bits per heavy atom. The molecular weight excluding hydrogens is 312 g/mol. The molecule has 0 spiro atoms. The summed E-state index contributed by atoms with van der Waals surface area (Å²) in [7, 11) is 0. The molecule has 0 aliphatic heterocycles. The first-order valence-electron chi connectivity index (χ1n) is 9.70. The molecule has 1 heterocycles. The summed E-state index contributed by atoms with van der Waals surface area (Å²) in [5.41, 5.74) is 2.68. The van der Waals surface area contributed by atoms with E-state index in [1.165, 1.54) is 56.1 Å². The molecule has 1 saturated carbocycles. The summed E-state index contributed by atoms with van der Waals surface area (Å²) in [6, 6.07) is 9.01. The summed E-state index contributed by atoms with van der Waals surface area (Å²) in [5.74, 6) is 1.96. The Hall–Kier alpha value is -1.22. The Balaban J connectivity index is 1.51. The number of aryl methyl sites for hydroxylation is 2. The summed E-state index contributed by atoms with van der Waals surface area (Å²) in [4.78, 5) is 0. The van der Waals surface area contributed by atoms with Crippen molar-refractivity contribution >= 4 is 11.3 Å². The molecule has 3 heteroatoms. The van der Waals surface area contributed by atoms with Crippen molar-refractivity contribution < 1.29 is 0 Å². The van der Waals surface area contributed by atoms with Crippen LogP contribution in [0.5, 0.6) is 0 Å². The fraction of sp³-hybridized carbons (Fsp3) is 0.619. The minimum atomic E-state index is 0.951. The Labute approximate surface area is 150 Å². The standard InChI is InChI=1S/C21H30N2S/c1-3-5-20-22-23-21(24-20)19-14-12-18(13-15-19)11-10-17-8-6-16(4-2)7-9-17/h12-17H,3-11H2,1-2H3. The minimum absolute atomic E-state index is 0.951. The van der Waals surface area contributed by atoms with E-state index in [0.29, 0.717) is 0 Å². The van der Waals surface area contributed by atoms with Gasteiger partial charge in [0.1, 0.15) is 10.0 Å². The Morgan fingerprint density at radius 2 is 1.62 bits per heavy atom. The SMILES string of the molecule is CCCc1nnc(-c2ccc(CCC3CCC(CC)CC3)cc2)s1. The molecule has 2 nitrogen and oxygen atoms in total. The van der Waals surface area contributed by atoms with Crippen LogP contribution in [0.25, 0.3) is 10.6 Å². The highest BCUT2D eigenvalue weighted by molar-refractivity contribution is 7.14. The zero-order chi connectivity index (χ0) is 16.8. The molecule has 0 amide bonds. The number of hydrogen-bond acceptors (Lipinski definition) is 3. The van der Waals surface area contributed by atoms with Crippen LogP contribution in [-0.4, -0.2) is 10.2 Å². The lowest BCUT2D eigenvalue weighted by atomic mass is 9.78. The molecule has 24 heavy (non-hydrogen) atoms. The maximum atomic E-state index is 4.34. The number of rotatable bonds is 7. The number of benzene rings is 1. The van der Waals surface area contributed by atoms with Gasteiger partial charge < -0.3 is 0 Å². The molecule has 1 fully saturated rings. The van der Waals surface area contributed by atoms with Crippen molar-refractivity contribution in [3.05, 3.63) is 34.8 Å². The number of hydrogen-bond donors (Lipinski definition) is 0. The largest absolute Gasteiger partial charge is 0.147 e. The summed E-state index contributed by atoms with van der Waals surface area (Å²) in [5, 5.41) is 10.8. The van der Waals surface area contributed by atoms with Crippen LogP contribution in [0, 0.1) is 11.8 Å². The van der Waals surface area contributed by atoms with E-state index in [1.54, 1.807) is 11.3 Å². The summed E-state index contributed by atoms with van der Waals surface area (Å²) < 4.78 is 0. The van der Waals surface area contributed by atoms with Gasteiger partial charge >= 0.3 is 0 Å². The quantitative estimate of drug-likeness (QED) is 0.589. The van der Waals surface area contributed by atoms with E-state index in [1.807, 2.05) is 0 Å². The molecule has 0 saturated heterocycles. The molecule has 130 valence electrons. The molecule has 3 rings (SSSR count). The van der Waals surface area contributed by atoms with Gasteiger partial charge in [0.25, 0.3) is 0 Å². The molecule has 0 bridgehead atoms. The van der Waals surface area contributed by atoms with Crippen LogP contribution in [0.3, 0.4) is 0 Å². The Bertz CT molecular complexity index is 609. The minimum Gasteiger partial charge on any atom is -0.143 e. The Morgan fingerprint density at radius 1 is 0.917 bits per heavy atom. The van der Waals surface area contributed by atoms with E-state index < -0.39 is 0 Å². The van der Waals surface area contributed by atoms with E-state index in [2.05, 4.69) is 48.3 Å². The molecule has 0 atom stereocenters. The lowest BCUT2D eigenvalue weighted by molar-refractivity contribution is 0.259. The van der Waals surface area contributed by atoms with Crippen molar-refractivity contribution in [2.45, 2.75) is 71.6 Å². The predicted molar refractivity (Wildman–Crippen MR) is 103 cm³/mol. The molecule has 0 radical (unpaired) electrons. The molecule has 2 aromatic rings. The molecule has 1 aromatic carbocycles. The van der Waals surface area contributed by atoms with Crippen LogP contribution in [0.1, 0.15) is 69.4 Å². The predicted octanol–water partition coefficient (Wildman–Crippen LogP) is 6.31. The molecule has 1 aliphatic carbocycles. The van der Waals surface area contributed by atoms with Gasteiger partial charge in [-0.3, -0.25) is 0 Å². The topological polar surface area (TPSA) is 25.8 Å². The van der Waals surface area contributed by atoms with Gasteiger partial charge in [-0.1, -0.05) is 81.6 Å². The van der Waals surface area contributed by atoms with Gasteiger partial charge in [-0.05, 0) is 36.7 Å². The first-order valence-corrected chi connectivity index (χ1v) is 10.5. The number of aromatic nitrogens is 2. The molecule has 0 N–H and O–H groups in total. The second-order valence-corrected chi connectivity index (χ2v) is 8.34. The third kappa shape index (κ3) is 4.66. The lowest BCUT2D eigenvalue weighted by Gasteiger charge is -2.27. The normalized spacial score (nSPS) is 21.1.